The predicted octanol–water partition coefficient (Wildman–Crippen LogP) is 3.76. The number of aryl methyl sites for hydroxylation is 2. The van der Waals surface area contributed by atoms with Crippen molar-refractivity contribution in [1.29, 1.82) is 0 Å². The molecule has 1 fully saturated rings. The molecular formula is C22H30N4O. The van der Waals surface area contributed by atoms with Gasteiger partial charge in [-0.1, -0.05) is 37.6 Å². The second kappa shape index (κ2) is 8.07. The molecule has 144 valence electrons. The first kappa shape index (κ1) is 19.3. The molecule has 5 heteroatoms. The Labute approximate surface area is 162 Å². The Kier molecular flexibility index (Phi) is 5.78. The third-order valence-corrected chi connectivity index (χ3v) is 5.15. The summed E-state index contributed by atoms with van der Waals surface area (Å²) in [5.74, 6) is 2.44. The van der Waals surface area contributed by atoms with Crippen LogP contribution in [0.1, 0.15) is 37.1 Å². The van der Waals surface area contributed by atoms with Crippen LogP contribution in [-0.2, 0) is 4.79 Å². The van der Waals surface area contributed by atoms with Crippen molar-refractivity contribution in [3.63, 3.8) is 0 Å². The van der Waals surface area contributed by atoms with E-state index in [-0.39, 0.29) is 5.91 Å². The standard InChI is InChI=1S/C22H30N4O/c1-15(2)13-20(27)25-9-11-26(12-10-25)22-17(4)18(5)23-21(24-22)19-8-6-7-16(3)14-19/h6-8,14-15H,9-13H2,1-5H3. The minimum atomic E-state index is 0.265. The first-order valence-electron chi connectivity index (χ1n) is 9.80. The number of hydrogen-bond acceptors (Lipinski definition) is 4. The van der Waals surface area contributed by atoms with Crippen LogP contribution in [-0.4, -0.2) is 47.0 Å². The molecule has 1 aromatic heterocycles. The zero-order valence-corrected chi connectivity index (χ0v) is 17.1. The molecule has 0 saturated carbocycles. The molecule has 1 amide bonds. The third-order valence-electron chi connectivity index (χ3n) is 5.15. The Morgan fingerprint density at radius 1 is 1.07 bits per heavy atom. The number of aromatic nitrogens is 2. The van der Waals surface area contributed by atoms with Gasteiger partial charge in [-0.15, -0.1) is 0 Å². The lowest BCUT2D eigenvalue weighted by molar-refractivity contribution is -0.132. The van der Waals surface area contributed by atoms with Gasteiger partial charge in [0.05, 0.1) is 0 Å². The molecule has 1 aliphatic heterocycles. The van der Waals surface area contributed by atoms with Gasteiger partial charge in [-0.3, -0.25) is 4.79 Å². The zero-order valence-electron chi connectivity index (χ0n) is 17.1. The van der Waals surface area contributed by atoms with Gasteiger partial charge in [0.15, 0.2) is 5.82 Å². The molecule has 0 N–H and O–H groups in total. The molecule has 0 aliphatic carbocycles. The van der Waals surface area contributed by atoms with Crippen LogP contribution in [0.3, 0.4) is 0 Å². The number of anilines is 1. The van der Waals surface area contributed by atoms with E-state index < -0.39 is 0 Å². The molecule has 5 nitrogen and oxygen atoms in total. The Bertz CT molecular complexity index is 823. The molecule has 2 aromatic rings. The number of hydrogen-bond donors (Lipinski definition) is 0. The molecule has 0 spiro atoms. The van der Waals surface area contributed by atoms with Gasteiger partial charge in [-0.25, -0.2) is 9.97 Å². The van der Waals surface area contributed by atoms with Gasteiger partial charge in [0, 0.05) is 49.4 Å². The van der Waals surface area contributed by atoms with Gasteiger partial charge in [-0.2, -0.15) is 0 Å². The fraction of sp³-hybridized carbons (Fsp3) is 0.500. The van der Waals surface area contributed by atoms with Gasteiger partial charge in [0.1, 0.15) is 5.82 Å². The lowest BCUT2D eigenvalue weighted by atomic mass is 10.1. The Hall–Kier alpha value is -2.43. The molecule has 0 bridgehead atoms. The van der Waals surface area contributed by atoms with E-state index in [0.717, 1.165) is 54.6 Å². The Balaban J connectivity index is 1.80. The minimum Gasteiger partial charge on any atom is -0.353 e. The van der Waals surface area contributed by atoms with Crippen molar-refractivity contribution < 1.29 is 4.79 Å². The van der Waals surface area contributed by atoms with Crippen molar-refractivity contribution in [3.8, 4) is 11.4 Å². The van der Waals surface area contributed by atoms with Crippen molar-refractivity contribution >= 4 is 11.7 Å². The highest BCUT2D eigenvalue weighted by Crippen LogP contribution is 2.26. The van der Waals surface area contributed by atoms with Gasteiger partial charge in [0.2, 0.25) is 5.91 Å². The fourth-order valence-corrected chi connectivity index (χ4v) is 3.48. The van der Waals surface area contributed by atoms with Crippen LogP contribution >= 0.6 is 0 Å². The van der Waals surface area contributed by atoms with E-state index in [4.69, 9.17) is 9.97 Å². The smallest absolute Gasteiger partial charge is 0.222 e. The topological polar surface area (TPSA) is 49.3 Å². The summed E-state index contributed by atoms with van der Waals surface area (Å²) >= 11 is 0. The maximum atomic E-state index is 12.3. The SMILES string of the molecule is Cc1cccc(-c2nc(C)c(C)c(N3CCN(C(=O)CC(C)C)CC3)n2)c1. The second-order valence-electron chi connectivity index (χ2n) is 7.92. The maximum Gasteiger partial charge on any atom is 0.222 e. The highest BCUT2D eigenvalue weighted by Gasteiger charge is 2.24. The van der Waals surface area contributed by atoms with Crippen LogP contribution in [0.15, 0.2) is 24.3 Å². The van der Waals surface area contributed by atoms with Crippen LogP contribution in [0.4, 0.5) is 5.82 Å². The summed E-state index contributed by atoms with van der Waals surface area (Å²) in [6.07, 6.45) is 0.628. The average molecular weight is 367 g/mol. The number of piperazine rings is 1. The number of carbonyl (C=O) groups excluding carboxylic acids is 1. The zero-order chi connectivity index (χ0) is 19.6. The fourth-order valence-electron chi connectivity index (χ4n) is 3.48. The van der Waals surface area contributed by atoms with Gasteiger partial charge >= 0.3 is 0 Å². The van der Waals surface area contributed by atoms with E-state index in [2.05, 4.69) is 50.8 Å². The van der Waals surface area contributed by atoms with Crippen LogP contribution in [0.5, 0.6) is 0 Å². The van der Waals surface area contributed by atoms with Crippen molar-refractivity contribution in [2.24, 2.45) is 5.92 Å². The summed E-state index contributed by atoms with van der Waals surface area (Å²) in [7, 11) is 0. The van der Waals surface area contributed by atoms with Gasteiger partial charge in [0.25, 0.3) is 0 Å². The van der Waals surface area contributed by atoms with Crippen LogP contribution < -0.4 is 4.90 Å². The third kappa shape index (κ3) is 4.46. The molecule has 2 heterocycles. The second-order valence-corrected chi connectivity index (χ2v) is 7.92. The molecule has 27 heavy (non-hydrogen) atoms. The number of carbonyl (C=O) groups is 1. The highest BCUT2D eigenvalue weighted by molar-refractivity contribution is 5.76. The summed E-state index contributed by atoms with van der Waals surface area (Å²) in [6, 6.07) is 8.31. The Morgan fingerprint density at radius 3 is 2.41 bits per heavy atom. The van der Waals surface area contributed by atoms with Crippen molar-refractivity contribution in [2.45, 2.75) is 41.0 Å². The highest BCUT2D eigenvalue weighted by atomic mass is 16.2. The largest absolute Gasteiger partial charge is 0.353 e. The number of rotatable bonds is 4. The summed E-state index contributed by atoms with van der Waals surface area (Å²) in [6.45, 7) is 13.5. The summed E-state index contributed by atoms with van der Waals surface area (Å²) < 4.78 is 0. The maximum absolute atomic E-state index is 12.3. The molecule has 0 atom stereocenters. The van der Waals surface area contributed by atoms with Gasteiger partial charge < -0.3 is 9.80 Å². The van der Waals surface area contributed by atoms with Crippen molar-refractivity contribution in [3.05, 3.63) is 41.1 Å². The van der Waals surface area contributed by atoms with Gasteiger partial charge in [-0.05, 0) is 32.8 Å². The lowest BCUT2D eigenvalue weighted by Crippen LogP contribution is -2.49. The van der Waals surface area contributed by atoms with Crippen molar-refractivity contribution in [2.75, 3.05) is 31.1 Å². The van der Waals surface area contributed by atoms with E-state index in [1.807, 2.05) is 17.9 Å². The minimum absolute atomic E-state index is 0.265. The summed E-state index contributed by atoms with van der Waals surface area (Å²) in [5, 5.41) is 0. The molecule has 1 saturated heterocycles. The molecule has 0 radical (unpaired) electrons. The lowest BCUT2D eigenvalue weighted by Gasteiger charge is -2.36. The molecule has 1 aromatic carbocycles. The summed E-state index contributed by atoms with van der Waals surface area (Å²) in [4.78, 5) is 26.2. The quantitative estimate of drug-likeness (QED) is 0.827. The number of benzene rings is 1. The van der Waals surface area contributed by atoms with E-state index in [9.17, 15) is 4.79 Å². The van der Waals surface area contributed by atoms with Crippen LogP contribution in [0.25, 0.3) is 11.4 Å². The van der Waals surface area contributed by atoms with E-state index in [1.54, 1.807) is 0 Å². The number of amides is 1. The molecular weight excluding hydrogens is 336 g/mol. The normalized spacial score (nSPS) is 14.7. The molecule has 1 aliphatic rings. The van der Waals surface area contributed by atoms with E-state index in [0.29, 0.717) is 12.3 Å². The molecule has 0 unspecified atom stereocenters. The van der Waals surface area contributed by atoms with Crippen LogP contribution in [0.2, 0.25) is 0 Å². The summed E-state index contributed by atoms with van der Waals surface area (Å²) in [5.41, 5.74) is 4.38. The Morgan fingerprint density at radius 2 is 1.78 bits per heavy atom. The monoisotopic (exact) mass is 366 g/mol. The first-order chi connectivity index (χ1) is 12.8. The predicted molar refractivity (Wildman–Crippen MR) is 110 cm³/mol. The van der Waals surface area contributed by atoms with E-state index in [1.165, 1.54) is 5.56 Å². The average Bonchev–Trinajstić information content (AvgIpc) is 2.63. The van der Waals surface area contributed by atoms with E-state index >= 15 is 0 Å². The first-order valence-corrected chi connectivity index (χ1v) is 9.80. The number of nitrogens with zero attached hydrogens (tertiary/aromatic N) is 4. The van der Waals surface area contributed by atoms with Crippen LogP contribution in [0, 0.1) is 26.7 Å². The molecule has 3 rings (SSSR count). The van der Waals surface area contributed by atoms with Crippen molar-refractivity contribution in [1.82, 2.24) is 14.9 Å².